The zero-order chi connectivity index (χ0) is 15.0. The molecule has 0 aliphatic carbocycles. The van der Waals surface area contributed by atoms with Crippen LogP contribution in [0.5, 0.6) is 0 Å². The fraction of sp³-hybridized carbons (Fsp3) is 0.562. The standard InChI is InChI=1S/C16H26N2S2/c1-4-20-14-10-7-9-13(15(14)16(17)19)18-11-6-5-8-12(2)3/h7,9-10,12,18H,4-6,8,11H2,1-3H3,(H2,17,19). The van der Waals surface area contributed by atoms with E-state index < -0.39 is 0 Å². The molecule has 0 spiro atoms. The van der Waals surface area contributed by atoms with E-state index in [1.807, 2.05) is 0 Å². The summed E-state index contributed by atoms with van der Waals surface area (Å²) in [7, 11) is 0. The van der Waals surface area contributed by atoms with Gasteiger partial charge >= 0.3 is 0 Å². The van der Waals surface area contributed by atoms with Crippen molar-refractivity contribution in [1.29, 1.82) is 0 Å². The van der Waals surface area contributed by atoms with Gasteiger partial charge in [0.1, 0.15) is 4.99 Å². The maximum atomic E-state index is 5.89. The number of hydrogen-bond acceptors (Lipinski definition) is 3. The highest BCUT2D eigenvalue weighted by Crippen LogP contribution is 2.28. The van der Waals surface area contributed by atoms with Crippen LogP contribution in [0.1, 0.15) is 45.6 Å². The van der Waals surface area contributed by atoms with Crippen LogP contribution in [0.15, 0.2) is 23.1 Å². The quantitative estimate of drug-likeness (QED) is 0.395. The number of unbranched alkanes of at least 4 members (excludes halogenated alkanes) is 1. The molecule has 2 nitrogen and oxygen atoms in total. The summed E-state index contributed by atoms with van der Waals surface area (Å²) >= 11 is 7.00. The molecule has 1 aromatic carbocycles. The molecule has 0 heterocycles. The van der Waals surface area contributed by atoms with Crippen LogP contribution in [0.3, 0.4) is 0 Å². The van der Waals surface area contributed by atoms with Crippen molar-refractivity contribution < 1.29 is 0 Å². The SMILES string of the molecule is CCSc1cccc(NCCCCC(C)C)c1C(N)=S. The Balaban J connectivity index is 2.64. The van der Waals surface area contributed by atoms with Crippen LogP contribution < -0.4 is 11.1 Å². The van der Waals surface area contributed by atoms with Gasteiger partial charge in [-0.3, -0.25) is 0 Å². The Labute approximate surface area is 132 Å². The van der Waals surface area contributed by atoms with Gasteiger partial charge in [0.05, 0.1) is 0 Å². The molecule has 4 heteroatoms. The number of rotatable bonds is 9. The fourth-order valence-electron chi connectivity index (χ4n) is 2.11. The van der Waals surface area contributed by atoms with Gasteiger partial charge in [-0.2, -0.15) is 0 Å². The first-order chi connectivity index (χ1) is 9.56. The Morgan fingerprint density at radius 1 is 1.35 bits per heavy atom. The predicted molar refractivity (Wildman–Crippen MR) is 95.9 cm³/mol. The molecule has 3 N–H and O–H groups in total. The first kappa shape index (κ1) is 17.3. The van der Waals surface area contributed by atoms with Gasteiger partial charge in [0.2, 0.25) is 0 Å². The predicted octanol–water partition coefficient (Wildman–Crippen LogP) is 4.67. The summed E-state index contributed by atoms with van der Waals surface area (Å²) in [6, 6.07) is 6.22. The molecule has 0 fully saturated rings. The smallest absolute Gasteiger partial charge is 0.107 e. The summed E-state index contributed by atoms with van der Waals surface area (Å²) < 4.78 is 0. The van der Waals surface area contributed by atoms with Crippen molar-refractivity contribution in [2.45, 2.75) is 44.9 Å². The van der Waals surface area contributed by atoms with E-state index in [1.165, 1.54) is 24.2 Å². The molecule has 20 heavy (non-hydrogen) atoms. The van der Waals surface area contributed by atoms with Crippen molar-refractivity contribution in [2.75, 3.05) is 17.6 Å². The highest BCUT2D eigenvalue weighted by atomic mass is 32.2. The van der Waals surface area contributed by atoms with Gasteiger partial charge in [-0.15, -0.1) is 11.8 Å². The minimum Gasteiger partial charge on any atom is -0.389 e. The average molecular weight is 311 g/mol. The molecule has 0 atom stereocenters. The minimum atomic E-state index is 0.478. The first-order valence-electron chi connectivity index (χ1n) is 7.35. The maximum Gasteiger partial charge on any atom is 0.107 e. The number of anilines is 1. The van der Waals surface area contributed by atoms with E-state index in [1.54, 1.807) is 11.8 Å². The monoisotopic (exact) mass is 310 g/mol. The van der Waals surface area contributed by atoms with Gasteiger partial charge in [-0.1, -0.05) is 51.9 Å². The zero-order valence-corrected chi connectivity index (χ0v) is 14.4. The summed E-state index contributed by atoms with van der Waals surface area (Å²) in [5, 5.41) is 3.49. The van der Waals surface area contributed by atoms with Gasteiger partial charge in [-0.05, 0) is 30.2 Å². The van der Waals surface area contributed by atoms with Gasteiger partial charge < -0.3 is 11.1 Å². The van der Waals surface area contributed by atoms with E-state index >= 15 is 0 Å². The van der Waals surface area contributed by atoms with Crippen LogP contribution in [-0.4, -0.2) is 17.3 Å². The molecule has 0 aromatic heterocycles. The second-order valence-electron chi connectivity index (χ2n) is 5.29. The fourth-order valence-corrected chi connectivity index (χ4v) is 3.24. The van der Waals surface area contributed by atoms with Crippen molar-refractivity contribution in [1.82, 2.24) is 0 Å². The van der Waals surface area contributed by atoms with Gasteiger partial charge in [0, 0.05) is 22.7 Å². The van der Waals surface area contributed by atoms with E-state index in [2.05, 4.69) is 44.3 Å². The minimum absolute atomic E-state index is 0.478. The summed E-state index contributed by atoms with van der Waals surface area (Å²) in [4.78, 5) is 1.65. The molecular formula is C16H26N2S2. The Hall–Kier alpha value is -0.740. The molecule has 0 aliphatic heterocycles. The molecule has 112 valence electrons. The van der Waals surface area contributed by atoms with Crippen LogP contribution in [0.4, 0.5) is 5.69 Å². The van der Waals surface area contributed by atoms with Crippen molar-refractivity contribution in [2.24, 2.45) is 11.7 Å². The lowest BCUT2D eigenvalue weighted by Crippen LogP contribution is -2.15. The zero-order valence-electron chi connectivity index (χ0n) is 12.7. The summed E-state index contributed by atoms with van der Waals surface area (Å²) in [6.45, 7) is 7.65. The van der Waals surface area contributed by atoms with Crippen LogP contribution in [0, 0.1) is 5.92 Å². The normalized spacial score (nSPS) is 10.8. The highest BCUT2D eigenvalue weighted by Gasteiger charge is 2.10. The lowest BCUT2D eigenvalue weighted by molar-refractivity contribution is 0.545. The number of thioether (sulfide) groups is 1. The van der Waals surface area contributed by atoms with Crippen molar-refractivity contribution in [3.63, 3.8) is 0 Å². The van der Waals surface area contributed by atoms with E-state index in [0.29, 0.717) is 4.99 Å². The molecule has 1 rings (SSSR count). The second kappa shape index (κ2) is 9.24. The molecular weight excluding hydrogens is 284 g/mol. The lowest BCUT2D eigenvalue weighted by Gasteiger charge is -2.15. The summed E-state index contributed by atoms with van der Waals surface area (Å²) in [5.74, 6) is 1.81. The lowest BCUT2D eigenvalue weighted by atomic mass is 10.1. The van der Waals surface area contributed by atoms with E-state index in [9.17, 15) is 0 Å². The Morgan fingerprint density at radius 3 is 2.70 bits per heavy atom. The third-order valence-corrected chi connectivity index (χ3v) is 4.24. The van der Waals surface area contributed by atoms with Crippen LogP contribution in [0.2, 0.25) is 0 Å². The Bertz CT molecular complexity index is 430. The van der Waals surface area contributed by atoms with Crippen LogP contribution >= 0.6 is 24.0 Å². The first-order valence-corrected chi connectivity index (χ1v) is 8.75. The van der Waals surface area contributed by atoms with Crippen molar-refractivity contribution in [3.8, 4) is 0 Å². The molecule has 0 unspecified atom stereocenters. The molecule has 0 saturated carbocycles. The Morgan fingerprint density at radius 2 is 2.10 bits per heavy atom. The number of benzene rings is 1. The van der Waals surface area contributed by atoms with Gasteiger partial charge in [0.15, 0.2) is 0 Å². The second-order valence-corrected chi connectivity index (χ2v) is 7.04. The van der Waals surface area contributed by atoms with Gasteiger partial charge in [0.25, 0.3) is 0 Å². The van der Waals surface area contributed by atoms with Crippen molar-refractivity contribution in [3.05, 3.63) is 23.8 Å². The topological polar surface area (TPSA) is 38.0 Å². The number of thiocarbonyl (C=S) groups is 1. The number of nitrogens with two attached hydrogens (primary N) is 1. The van der Waals surface area contributed by atoms with E-state index in [0.717, 1.165) is 29.5 Å². The van der Waals surface area contributed by atoms with Crippen LogP contribution in [-0.2, 0) is 0 Å². The van der Waals surface area contributed by atoms with E-state index in [4.69, 9.17) is 18.0 Å². The third kappa shape index (κ3) is 5.71. The molecule has 0 bridgehead atoms. The highest BCUT2D eigenvalue weighted by molar-refractivity contribution is 7.99. The third-order valence-electron chi connectivity index (χ3n) is 3.10. The van der Waals surface area contributed by atoms with Crippen molar-refractivity contribution >= 4 is 34.7 Å². The van der Waals surface area contributed by atoms with Crippen LogP contribution in [0.25, 0.3) is 0 Å². The Kier molecular flexibility index (Phi) is 8.00. The molecule has 0 aliphatic rings. The van der Waals surface area contributed by atoms with E-state index in [-0.39, 0.29) is 0 Å². The summed E-state index contributed by atoms with van der Waals surface area (Å²) in [6.07, 6.45) is 3.73. The number of hydrogen-bond donors (Lipinski definition) is 2. The summed E-state index contributed by atoms with van der Waals surface area (Å²) in [5.41, 5.74) is 7.96. The maximum absolute atomic E-state index is 5.89. The molecule has 0 amide bonds. The molecule has 0 radical (unpaired) electrons. The molecule has 0 saturated heterocycles. The number of nitrogens with one attached hydrogen (secondary N) is 1. The molecule has 1 aromatic rings. The van der Waals surface area contributed by atoms with Gasteiger partial charge in [-0.25, -0.2) is 0 Å². The largest absolute Gasteiger partial charge is 0.389 e. The average Bonchev–Trinajstić information content (AvgIpc) is 2.38.